The van der Waals surface area contributed by atoms with E-state index in [9.17, 15) is 5.11 Å². The van der Waals surface area contributed by atoms with Crippen LogP contribution < -0.4 is 10.6 Å². The second-order valence-electron chi connectivity index (χ2n) is 7.65. The summed E-state index contributed by atoms with van der Waals surface area (Å²) in [7, 11) is -0.535. The van der Waals surface area contributed by atoms with Crippen LogP contribution in [0.15, 0.2) is 146 Å². The molecule has 0 unspecified atom stereocenters. The first kappa shape index (κ1) is 22.0. The van der Waals surface area contributed by atoms with Gasteiger partial charge in [-0.25, -0.2) is 0 Å². The predicted octanol–water partition coefficient (Wildman–Crippen LogP) is 6.17. The van der Waals surface area contributed by atoms with E-state index in [4.69, 9.17) is 0 Å². The topological polar surface area (TPSA) is 20.2 Å². The summed E-state index contributed by atoms with van der Waals surface area (Å²) < 4.78 is 0. The molecular weight excluding hydrogens is 407 g/mol. The molecule has 4 aromatic carbocycles. The van der Waals surface area contributed by atoms with E-state index in [0.29, 0.717) is 5.57 Å². The molecule has 4 aromatic rings. The zero-order valence-electron chi connectivity index (χ0n) is 18.0. The molecule has 1 N–H and O–H groups in total. The van der Waals surface area contributed by atoms with Crippen molar-refractivity contribution in [2.75, 3.05) is 6.16 Å². The molecule has 0 spiro atoms. The summed E-state index contributed by atoms with van der Waals surface area (Å²) in [5, 5.41) is 14.6. The first-order chi connectivity index (χ1) is 15.7. The molecule has 0 bridgehead atoms. The molecule has 0 heterocycles. The standard InChI is InChI=1S/C30H27OP/c1-25(30(31,26-16-6-2-7-17-26)27-18-8-3-9-19-27)15-14-24-32(28-20-10-4-11-21-28)29-22-12-5-13-23-29/h2-23,31H,1,24H2/b15-14+. The van der Waals surface area contributed by atoms with Crippen LogP contribution in [-0.2, 0) is 5.60 Å². The van der Waals surface area contributed by atoms with Gasteiger partial charge < -0.3 is 5.11 Å². The van der Waals surface area contributed by atoms with Gasteiger partial charge >= 0.3 is 0 Å². The Kier molecular flexibility index (Phi) is 7.12. The van der Waals surface area contributed by atoms with Gasteiger partial charge in [-0.1, -0.05) is 140 Å². The molecule has 158 valence electrons. The average Bonchev–Trinajstić information content (AvgIpc) is 2.88. The van der Waals surface area contributed by atoms with Gasteiger partial charge in [-0.05, 0) is 41.4 Å². The van der Waals surface area contributed by atoms with Crippen molar-refractivity contribution in [3.63, 3.8) is 0 Å². The zero-order valence-corrected chi connectivity index (χ0v) is 18.9. The van der Waals surface area contributed by atoms with Crippen molar-refractivity contribution in [2.45, 2.75) is 5.60 Å². The third-order valence-corrected chi connectivity index (χ3v) is 8.01. The Morgan fingerprint density at radius 2 is 1.03 bits per heavy atom. The van der Waals surface area contributed by atoms with E-state index in [1.165, 1.54) is 10.6 Å². The van der Waals surface area contributed by atoms with Gasteiger partial charge in [-0.15, -0.1) is 0 Å². The van der Waals surface area contributed by atoms with Gasteiger partial charge in [-0.2, -0.15) is 0 Å². The molecule has 0 aliphatic carbocycles. The van der Waals surface area contributed by atoms with Crippen LogP contribution in [0.1, 0.15) is 11.1 Å². The van der Waals surface area contributed by atoms with Crippen LogP contribution in [0.3, 0.4) is 0 Å². The molecule has 4 rings (SSSR count). The molecule has 0 aromatic heterocycles. The Bertz CT molecular complexity index is 1070. The largest absolute Gasteiger partial charge is 0.376 e. The lowest BCUT2D eigenvalue weighted by Crippen LogP contribution is -2.28. The van der Waals surface area contributed by atoms with Crippen molar-refractivity contribution in [3.05, 3.63) is 157 Å². The molecule has 32 heavy (non-hydrogen) atoms. The highest BCUT2D eigenvalue weighted by molar-refractivity contribution is 7.73. The van der Waals surface area contributed by atoms with Gasteiger partial charge in [0.05, 0.1) is 0 Å². The summed E-state index contributed by atoms with van der Waals surface area (Å²) >= 11 is 0. The molecule has 2 heteroatoms. The lowest BCUT2D eigenvalue weighted by molar-refractivity contribution is 0.125. The summed E-state index contributed by atoms with van der Waals surface area (Å²) in [6.07, 6.45) is 5.02. The lowest BCUT2D eigenvalue weighted by Gasteiger charge is -2.30. The van der Waals surface area contributed by atoms with Crippen molar-refractivity contribution in [2.24, 2.45) is 0 Å². The number of allylic oxidation sites excluding steroid dienone is 1. The van der Waals surface area contributed by atoms with Crippen LogP contribution in [0.5, 0.6) is 0 Å². The normalized spacial score (nSPS) is 11.7. The van der Waals surface area contributed by atoms with Crippen molar-refractivity contribution < 1.29 is 5.11 Å². The zero-order chi connectivity index (χ0) is 22.2. The van der Waals surface area contributed by atoms with Crippen LogP contribution >= 0.6 is 7.92 Å². The van der Waals surface area contributed by atoms with Crippen molar-refractivity contribution in [3.8, 4) is 0 Å². The van der Waals surface area contributed by atoms with E-state index in [-0.39, 0.29) is 0 Å². The average molecular weight is 435 g/mol. The summed E-state index contributed by atoms with van der Waals surface area (Å²) in [4.78, 5) is 0. The molecule has 0 radical (unpaired) electrons. The van der Waals surface area contributed by atoms with Crippen LogP contribution in [0.4, 0.5) is 0 Å². The number of hydrogen-bond acceptors (Lipinski definition) is 1. The predicted molar refractivity (Wildman–Crippen MR) is 138 cm³/mol. The van der Waals surface area contributed by atoms with E-state index in [1.54, 1.807) is 0 Å². The first-order valence-electron chi connectivity index (χ1n) is 10.8. The lowest BCUT2D eigenvalue weighted by atomic mass is 9.80. The van der Waals surface area contributed by atoms with Gasteiger partial charge in [0.25, 0.3) is 0 Å². The molecular formula is C30H27OP. The maximum absolute atomic E-state index is 11.9. The van der Waals surface area contributed by atoms with E-state index in [1.807, 2.05) is 66.7 Å². The number of aliphatic hydroxyl groups is 1. The van der Waals surface area contributed by atoms with Gasteiger partial charge in [0, 0.05) is 0 Å². The molecule has 0 saturated heterocycles. The van der Waals surface area contributed by atoms with Crippen molar-refractivity contribution in [1.82, 2.24) is 0 Å². The molecule has 0 aliphatic heterocycles. The van der Waals surface area contributed by atoms with Crippen molar-refractivity contribution in [1.29, 1.82) is 0 Å². The van der Waals surface area contributed by atoms with Crippen LogP contribution in [0, 0.1) is 0 Å². The first-order valence-corrected chi connectivity index (χ1v) is 12.3. The number of hydrogen-bond donors (Lipinski definition) is 1. The summed E-state index contributed by atoms with van der Waals surface area (Å²) in [6, 6.07) is 40.8. The van der Waals surface area contributed by atoms with Gasteiger partial charge in [0.2, 0.25) is 0 Å². The van der Waals surface area contributed by atoms with Crippen LogP contribution in [0.25, 0.3) is 0 Å². The third kappa shape index (κ3) is 4.81. The molecule has 0 atom stereocenters. The smallest absolute Gasteiger partial charge is 0.139 e. The summed E-state index contributed by atoms with van der Waals surface area (Å²) in [5.41, 5.74) is 1.01. The fourth-order valence-electron chi connectivity index (χ4n) is 3.89. The Labute approximate surface area is 192 Å². The van der Waals surface area contributed by atoms with E-state index in [2.05, 4.69) is 73.3 Å². The minimum atomic E-state index is -1.28. The maximum Gasteiger partial charge on any atom is 0.139 e. The van der Waals surface area contributed by atoms with Crippen LogP contribution in [0.2, 0.25) is 0 Å². The maximum atomic E-state index is 11.9. The third-order valence-electron chi connectivity index (χ3n) is 5.59. The Morgan fingerprint density at radius 1 is 0.656 bits per heavy atom. The molecule has 1 nitrogen and oxygen atoms in total. The summed E-state index contributed by atoms with van der Waals surface area (Å²) in [6.45, 7) is 4.29. The highest BCUT2D eigenvalue weighted by atomic mass is 31.1. The fourth-order valence-corrected chi connectivity index (χ4v) is 5.99. The SMILES string of the molecule is C=C(/C=C/CP(c1ccccc1)c1ccccc1)C(O)(c1ccccc1)c1ccccc1. The quantitative estimate of drug-likeness (QED) is 0.260. The van der Waals surface area contributed by atoms with Gasteiger partial charge in [0.1, 0.15) is 5.60 Å². The fraction of sp³-hybridized carbons (Fsp3) is 0.0667. The van der Waals surface area contributed by atoms with Gasteiger partial charge in [-0.3, -0.25) is 0 Å². The molecule has 0 fully saturated rings. The van der Waals surface area contributed by atoms with E-state index < -0.39 is 13.5 Å². The highest BCUT2D eigenvalue weighted by Gasteiger charge is 2.33. The molecule has 0 saturated carbocycles. The second kappa shape index (κ2) is 10.4. The Morgan fingerprint density at radius 3 is 1.44 bits per heavy atom. The van der Waals surface area contributed by atoms with E-state index in [0.717, 1.165) is 17.3 Å². The van der Waals surface area contributed by atoms with Crippen molar-refractivity contribution >= 4 is 18.5 Å². The number of rotatable bonds is 8. The van der Waals surface area contributed by atoms with Gasteiger partial charge in [0.15, 0.2) is 0 Å². The minimum Gasteiger partial charge on any atom is -0.376 e. The molecule has 0 aliphatic rings. The van der Waals surface area contributed by atoms with Crippen LogP contribution in [-0.4, -0.2) is 11.3 Å². The summed E-state index contributed by atoms with van der Waals surface area (Å²) in [5.74, 6) is 0. The number of benzene rings is 4. The second-order valence-corrected chi connectivity index (χ2v) is 9.91. The molecule has 0 amide bonds. The van der Waals surface area contributed by atoms with E-state index >= 15 is 0 Å². The Balaban J connectivity index is 1.64. The Hall–Kier alpha value is -3.25. The minimum absolute atomic E-state index is 0.535. The highest BCUT2D eigenvalue weighted by Crippen LogP contribution is 2.38. The monoisotopic (exact) mass is 434 g/mol.